The number of ether oxygens (including phenoxy) is 1. The lowest BCUT2D eigenvalue weighted by Gasteiger charge is -2.29. The largest absolute Gasteiger partial charge is 0.489 e. The van der Waals surface area contributed by atoms with E-state index >= 15 is 0 Å². The Morgan fingerprint density at radius 3 is 3.00 bits per heavy atom. The van der Waals surface area contributed by atoms with E-state index in [0.717, 1.165) is 18.0 Å². The van der Waals surface area contributed by atoms with Crippen molar-refractivity contribution in [1.29, 1.82) is 0 Å². The molecule has 1 heterocycles. The lowest BCUT2D eigenvalue weighted by Crippen LogP contribution is -2.36. The molecule has 2 atom stereocenters. The molecule has 0 aromatic heterocycles. The maximum absolute atomic E-state index is 5.92. The predicted molar refractivity (Wildman–Crippen MR) is 80.1 cm³/mol. The summed E-state index contributed by atoms with van der Waals surface area (Å²) in [4.78, 5) is 0. The molecular formula is C16H24N2O. The van der Waals surface area contributed by atoms with Crippen molar-refractivity contribution in [2.45, 2.75) is 52.2 Å². The zero-order valence-corrected chi connectivity index (χ0v) is 12.1. The minimum atomic E-state index is 0.201. The number of para-hydroxylation sites is 1. The topological polar surface area (TPSA) is 33.3 Å². The van der Waals surface area contributed by atoms with E-state index in [-0.39, 0.29) is 6.10 Å². The highest BCUT2D eigenvalue weighted by Crippen LogP contribution is 2.45. The Hall–Kier alpha value is -1.38. The molecule has 2 unspecified atom stereocenters. The van der Waals surface area contributed by atoms with E-state index in [4.69, 9.17) is 4.74 Å². The summed E-state index contributed by atoms with van der Waals surface area (Å²) < 4.78 is 5.92. The van der Waals surface area contributed by atoms with Crippen LogP contribution in [0.1, 0.15) is 40.0 Å². The number of nitrogens with one attached hydrogen (secondary N) is 2. The Morgan fingerprint density at radius 1 is 1.37 bits per heavy atom. The highest BCUT2D eigenvalue weighted by molar-refractivity contribution is 5.77. The molecular weight excluding hydrogens is 236 g/mol. The fourth-order valence-corrected chi connectivity index (χ4v) is 3.35. The minimum absolute atomic E-state index is 0.201. The first-order valence-corrected chi connectivity index (χ1v) is 7.38. The third-order valence-corrected chi connectivity index (χ3v) is 4.47. The zero-order valence-electron chi connectivity index (χ0n) is 12.1. The first-order valence-electron chi connectivity index (χ1n) is 7.38. The van der Waals surface area contributed by atoms with Crippen molar-refractivity contribution in [3.63, 3.8) is 0 Å². The first kappa shape index (κ1) is 12.6. The van der Waals surface area contributed by atoms with Gasteiger partial charge in [0.25, 0.3) is 0 Å². The Kier molecular flexibility index (Phi) is 3.08. The fourth-order valence-electron chi connectivity index (χ4n) is 3.35. The molecule has 2 aliphatic rings. The molecule has 19 heavy (non-hydrogen) atoms. The summed E-state index contributed by atoms with van der Waals surface area (Å²) in [5.74, 6) is 0.962. The molecule has 104 valence electrons. The average Bonchev–Trinajstić information content (AvgIpc) is 2.63. The lowest BCUT2D eigenvalue weighted by atomic mass is 9.85. The normalized spacial score (nSPS) is 28.9. The second-order valence-electron chi connectivity index (χ2n) is 6.44. The number of hydrogen-bond acceptors (Lipinski definition) is 3. The van der Waals surface area contributed by atoms with Crippen LogP contribution in [0.4, 0.5) is 11.4 Å². The number of rotatable bonds is 2. The van der Waals surface area contributed by atoms with Gasteiger partial charge >= 0.3 is 0 Å². The van der Waals surface area contributed by atoms with Crippen molar-refractivity contribution < 1.29 is 4.74 Å². The van der Waals surface area contributed by atoms with Crippen LogP contribution in [0.2, 0.25) is 0 Å². The van der Waals surface area contributed by atoms with Gasteiger partial charge in [-0.2, -0.15) is 0 Å². The second-order valence-corrected chi connectivity index (χ2v) is 6.44. The van der Waals surface area contributed by atoms with E-state index in [9.17, 15) is 0 Å². The third-order valence-electron chi connectivity index (χ3n) is 4.47. The van der Waals surface area contributed by atoms with E-state index in [1.54, 1.807) is 0 Å². The minimum Gasteiger partial charge on any atom is -0.489 e. The SMILES string of the molecule is CC(C)Oc1cccc2c1NCC1(C)CCCC1N2. The Bertz CT molecular complexity index is 472. The second kappa shape index (κ2) is 4.62. The molecule has 0 saturated heterocycles. The summed E-state index contributed by atoms with van der Waals surface area (Å²) in [6.07, 6.45) is 4.10. The van der Waals surface area contributed by atoms with Gasteiger partial charge in [0.05, 0.1) is 11.8 Å². The molecule has 0 amide bonds. The molecule has 2 N–H and O–H groups in total. The number of benzene rings is 1. The van der Waals surface area contributed by atoms with Crippen molar-refractivity contribution in [3.05, 3.63) is 18.2 Å². The maximum atomic E-state index is 5.92. The smallest absolute Gasteiger partial charge is 0.144 e. The standard InChI is InChI=1S/C16H24N2O/c1-11(2)19-13-7-4-6-12-15(13)17-10-16(3)9-5-8-14(16)18-12/h4,6-7,11,14,17-18H,5,8-10H2,1-3H3. The van der Waals surface area contributed by atoms with Crippen molar-refractivity contribution in [2.75, 3.05) is 17.2 Å². The van der Waals surface area contributed by atoms with Crippen LogP contribution in [-0.4, -0.2) is 18.7 Å². The molecule has 1 aliphatic carbocycles. The first-order chi connectivity index (χ1) is 9.08. The van der Waals surface area contributed by atoms with E-state index in [2.05, 4.69) is 49.6 Å². The Morgan fingerprint density at radius 2 is 2.21 bits per heavy atom. The molecule has 0 radical (unpaired) electrons. The summed E-state index contributed by atoms with van der Waals surface area (Å²) in [5.41, 5.74) is 2.68. The fraction of sp³-hybridized carbons (Fsp3) is 0.625. The van der Waals surface area contributed by atoms with Gasteiger partial charge in [-0.3, -0.25) is 0 Å². The van der Waals surface area contributed by atoms with Crippen LogP contribution < -0.4 is 15.4 Å². The molecule has 1 saturated carbocycles. The molecule has 1 aromatic carbocycles. The Labute approximate surface area is 115 Å². The summed E-state index contributed by atoms with van der Waals surface area (Å²) in [6.45, 7) is 7.55. The molecule has 1 aliphatic heterocycles. The van der Waals surface area contributed by atoms with Crippen LogP contribution in [-0.2, 0) is 0 Å². The predicted octanol–water partition coefficient (Wildman–Crippen LogP) is 3.87. The third kappa shape index (κ3) is 2.26. The van der Waals surface area contributed by atoms with E-state index < -0.39 is 0 Å². The van der Waals surface area contributed by atoms with Gasteiger partial charge < -0.3 is 15.4 Å². The molecule has 1 aromatic rings. The highest BCUT2D eigenvalue weighted by Gasteiger charge is 2.40. The van der Waals surface area contributed by atoms with Crippen LogP contribution in [0.15, 0.2) is 18.2 Å². The molecule has 0 bridgehead atoms. The molecule has 3 nitrogen and oxygen atoms in total. The van der Waals surface area contributed by atoms with Crippen LogP contribution in [0.3, 0.4) is 0 Å². The average molecular weight is 260 g/mol. The van der Waals surface area contributed by atoms with Gasteiger partial charge in [-0.05, 0) is 38.8 Å². The summed E-state index contributed by atoms with van der Waals surface area (Å²) in [7, 11) is 0. The Balaban J connectivity index is 1.93. The van der Waals surface area contributed by atoms with Crippen LogP contribution in [0, 0.1) is 5.41 Å². The van der Waals surface area contributed by atoms with Gasteiger partial charge in [-0.15, -0.1) is 0 Å². The summed E-state index contributed by atoms with van der Waals surface area (Å²) in [5, 5.41) is 7.36. The van der Waals surface area contributed by atoms with Crippen molar-refractivity contribution in [2.24, 2.45) is 5.41 Å². The van der Waals surface area contributed by atoms with E-state index in [1.807, 2.05) is 0 Å². The number of hydrogen-bond donors (Lipinski definition) is 2. The molecule has 3 heteroatoms. The van der Waals surface area contributed by atoms with Gasteiger partial charge in [-0.1, -0.05) is 19.4 Å². The van der Waals surface area contributed by atoms with E-state index in [0.29, 0.717) is 11.5 Å². The number of fused-ring (bicyclic) bond motifs is 2. The van der Waals surface area contributed by atoms with Crippen LogP contribution >= 0.6 is 0 Å². The molecule has 3 rings (SSSR count). The van der Waals surface area contributed by atoms with Crippen LogP contribution in [0.25, 0.3) is 0 Å². The van der Waals surface area contributed by atoms with Gasteiger partial charge in [0.2, 0.25) is 0 Å². The zero-order chi connectivity index (χ0) is 13.5. The van der Waals surface area contributed by atoms with Crippen molar-refractivity contribution in [1.82, 2.24) is 0 Å². The van der Waals surface area contributed by atoms with Crippen molar-refractivity contribution >= 4 is 11.4 Å². The molecule has 1 fully saturated rings. The van der Waals surface area contributed by atoms with Gasteiger partial charge in [0.1, 0.15) is 11.4 Å². The van der Waals surface area contributed by atoms with E-state index in [1.165, 1.54) is 24.9 Å². The monoisotopic (exact) mass is 260 g/mol. The summed E-state index contributed by atoms with van der Waals surface area (Å²) in [6, 6.07) is 6.86. The highest BCUT2D eigenvalue weighted by atomic mass is 16.5. The van der Waals surface area contributed by atoms with Gasteiger partial charge in [0.15, 0.2) is 0 Å². The summed E-state index contributed by atoms with van der Waals surface area (Å²) >= 11 is 0. The van der Waals surface area contributed by atoms with Gasteiger partial charge in [-0.25, -0.2) is 0 Å². The quantitative estimate of drug-likeness (QED) is 0.847. The number of anilines is 2. The lowest BCUT2D eigenvalue weighted by molar-refractivity contribution is 0.243. The van der Waals surface area contributed by atoms with Crippen LogP contribution in [0.5, 0.6) is 5.75 Å². The van der Waals surface area contributed by atoms with Gasteiger partial charge in [0, 0.05) is 18.0 Å². The van der Waals surface area contributed by atoms with Crippen molar-refractivity contribution in [3.8, 4) is 5.75 Å². The molecule has 0 spiro atoms. The maximum Gasteiger partial charge on any atom is 0.144 e.